The molecule has 0 spiro atoms. The molecule has 0 heterocycles. The normalized spacial score (nSPS) is 15.8. The zero-order valence-electron chi connectivity index (χ0n) is 14.2. The Morgan fingerprint density at radius 2 is 1.27 bits per heavy atom. The zero-order valence-corrected chi connectivity index (χ0v) is 15.8. The smallest absolute Gasteiger partial charge is 0.351 e. The van der Waals surface area contributed by atoms with E-state index in [2.05, 4.69) is 5.32 Å². The highest BCUT2D eigenvalue weighted by molar-refractivity contribution is 8.09. The van der Waals surface area contributed by atoms with E-state index in [-0.39, 0.29) is 6.42 Å². The van der Waals surface area contributed by atoms with E-state index in [4.69, 9.17) is 0 Å². The van der Waals surface area contributed by atoms with Crippen molar-refractivity contribution < 1.29 is 48.0 Å². The number of rotatable bonds is 7. The van der Waals surface area contributed by atoms with Crippen LogP contribution in [-0.2, 0) is 24.5 Å². The van der Waals surface area contributed by atoms with Crippen LogP contribution in [0.5, 0.6) is 0 Å². The van der Waals surface area contributed by atoms with Crippen LogP contribution >= 0.6 is 0 Å². The number of nitrogens with one attached hydrogen (secondary N) is 1. The molecule has 0 aliphatic heterocycles. The van der Waals surface area contributed by atoms with Crippen molar-refractivity contribution in [1.82, 2.24) is 5.32 Å². The summed E-state index contributed by atoms with van der Waals surface area (Å²) in [5.74, 6) is -1.45. The number of amides is 1. The van der Waals surface area contributed by atoms with Crippen molar-refractivity contribution in [2.75, 3.05) is 0 Å². The molecule has 1 unspecified atom stereocenters. The van der Waals surface area contributed by atoms with Crippen molar-refractivity contribution in [1.29, 1.82) is 0 Å². The van der Waals surface area contributed by atoms with Gasteiger partial charge in [0.05, 0.1) is 0 Å². The van der Waals surface area contributed by atoms with Crippen LogP contribution in [0.4, 0.5) is 26.3 Å². The highest BCUT2D eigenvalue weighted by Crippen LogP contribution is 2.39. The first-order valence-electron chi connectivity index (χ1n) is 7.13. The van der Waals surface area contributed by atoms with Gasteiger partial charge in [-0.2, -0.15) is 26.3 Å². The van der Waals surface area contributed by atoms with Gasteiger partial charge in [-0.3, -0.25) is 4.79 Å². The molecule has 0 rings (SSSR count). The van der Waals surface area contributed by atoms with Crippen molar-refractivity contribution in [2.24, 2.45) is 5.92 Å². The van der Waals surface area contributed by atoms with Gasteiger partial charge in [0.1, 0.15) is 0 Å². The van der Waals surface area contributed by atoms with Crippen LogP contribution in [-0.4, -0.2) is 43.9 Å². The first-order valence-corrected chi connectivity index (χ1v) is 10.2. The maximum Gasteiger partial charge on any atom is 0.498 e. The molecule has 156 valence electrons. The molecule has 6 nitrogen and oxygen atoms in total. The monoisotopic (exact) mass is 435 g/mol. The van der Waals surface area contributed by atoms with E-state index < -0.39 is 59.1 Å². The summed E-state index contributed by atoms with van der Waals surface area (Å²) in [5, 5.41) is 2.08. The second kappa shape index (κ2) is 7.52. The van der Waals surface area contributed by atoms with Crippen LogP contribution < -0.4 is 5.32 Å². The summed E-state index contributed by atoms with van der Waals surface area (Å²) in [5.41, 5.74) is -14.4. The summed E-state index contributed by atoms with van der Waals surface area (Å²) in [7, 11) is -13.5. The average molecular weight is 435 g/mol. The Bertz CT molecular complexity index is 680. The van der Waals surface area contributed by atoms with Crippen molar-refractivity contribution in [2.45, 2.75) is 61.7 Å². The fourth-order valence-electron chi connectivity index (χ4n) is 1.79. The van der Waals surface area contributed by atoms with Gasteiger partial charge in [-0.25, -0.2) is 16.8 Å². The van der Waals surface area contributed by atoms with Crippen molar-refractivity contribution in [3.05, 3.63) is 0 Å². The summed E-state index contributed by atoms with van der Waals surface area (Å²) in [4.78, 5) is 11.8. The van der Waals surface area contributed by atoms with Gasteiger partial charge in [-0.05, 0) is 20.3 Å². The van der Waals surface area contributed by atoms with Gasteiger partial charge in [0.2, 0.25) is 5.91 Å². The molecule has 26 heavy (non-hydrogen) atoms. The summed E-state index contributed by atoms with van der Waals surface area (Å²) >= 11 is 0. The van der Waals surface area contributed by atoms with Crippen LogP contribution in [0.1, 0.15) is 40.5 Å². The number of hydrogen-bond acceptors (Lipinski definition) is 5. The minimum Gasteiger partial charge on any atom is -0.351 e. The summed E-state index contributed by atoms with van der Waals surface area (Å²) in [6.07, 6.45) is -1.36. The summed E-state index contributed by atoms with van der Waals surface area (Å²) < 4.78 is 118. The third-order valence-corrected chi connectivity index (χ3v) is 8.06. The van der Waals surface area contributed by atoms with Gasteiger partial charge >= 0.3 is 11.0 Å². The first-order chi connectivity index (χ1) is 11.2. The van der Waals surface area contributed by atoms with Gasteiger partial charge in [-0.15, -0.1) is 0 Å². The molecule has 1 atom stereocenters. The van der Waals surface area contributed by atoms with Gasteiger partial charge in [-0.1, -0.05) is 13.8 Å². The Morgan fingerprint density at radius 3 is 1.54 bits per heavy atom. The van der Waals surface area contributed by atoms with Crippen molar-refractivity contribution in [3.8, 4) is 0 Å². The fourth-order valence-corrected chi connectivity index (χ4v) is 5.65. The van der Waals surface area contributed by atoms with Gasteiger partial charge in [0, 0.05) is 17.9 Å². The maximum absolute atomic E-state index is 12.7. The standard InChI is InChI=1S/C12H19F6NO5S2/c1-5-7(2)9(20)19-10(3,4)6-8(25(21,22)11(13,14)15)26(23,24)12(16,17)18/h7-8H,5-6H2,1-4H3,(H,19,20). The Hall–Kier alpha value is -1.05. The number of alkyl halides is 6. The third kappa shape index (κ3) is 5.47. The molecule has 0 saturated carbocycles. The Balaban J connectivity index is 6.14. The molecule has 0 aromatic rings. The van der Waals surface area contributed by atoms with Crippen LogP contribution in [0.15, 0.2) is 0 Å². The second-order valence-electron chi connectivity index (χ2n) is 6.30. The molecule has 0 aliphatic rings. The number of carbonyl (C=O) groups excluding carboxylic acids is 1. The van der Waals surface area contributed by atoms with E-state index in [0.717, 1.165) is 13.8 Å². The van der Waals surface area contributed by atoms with Crippen LogP contribution in [0, 0.1) is 5.92 Å². The first kappa shape index (κ1) is 24.9. The van der Waals surface area contributed by atoms with E-state index in [1.54, 1.807) is 6.92 Å². The van der Waals surface area contributed by atoms with E-state index in [9.17, 15) is 48.0 Å². The fraction of sp³-hybridized carbons (Fsp3) is 0.917. The van der Waals surface area contributed by atoms with Crippen LogP contribution in [0.25, 0.3) is 0 Å². The molecule has 1 amide bonds. The third-order valence-electron chi connectivity index (χ3n) is 3.54. The lowest BCUT2D eigenvalue weighted by Crippen LogP contribution is -2.53. The van der Waals surface area contributed by atoms with Crippen molar-refractivity contribution in [3.63, 3.8) is 0 Å². The average Bonchev–Trinajstić information content (AvgIpc) is 2.40. The largest absolute Gasteiger partial charge is 0.498 e. The quantitative estimate of drug-likeness (QED) is 0.620. The predicted octanol–water partition coefficient (Wildman–Crippen LogP) is 2.51. The van der Waals surface area contributed by atoms with Gasteiger partial charge in [0.25, 0.3) is 19.7 Å². The van der Waals surface area contributed by atoms with Gasteiger partial charge < -0.3 is 5.32 Å². The highest BCUT2D eigenvalue weighted by atomic mass is 32.3. The minimum atomic E-state index is -6.73. The van der Waals surface area contributed by atoms with Gasteiger partial charge in [0.15, 0.2) is 4.58 Å². The van der Waals surface area contributed by atoms with E-state index >= 15 is 0 Å². The molecule has 0 aromatic carbocycles. The molecule has 0 aliphatic carbocycles. The summed E-state index contributed by atoms with van der Waals surface area (Å²) in [6, 6.07) is 0. The molecule has 0 radical (unpaired) electrons. The second-order valence-corrected chi connectivity index (χ2v) is 10.8. The van der Waals surface area contributed by atoms with E-state index in [0.29, 0.717) is 0 Å². The molecular formula is C12H19F6NO5S2. The molecular weight excluding hydrogens is 416 g/mol. The number of sulfone groups is 2. The molecule has 0 saturated heterocycles. The lowest BCUT2D eigenvalue weighted by atomic mass is 9.99. The highest BCUT2D eigenvalue weighted by Gasteiger charge is 2.63. The van der Waals surface area contributed by atoms with E-state index in [1.807, 2.05) is 0 Å². The number of halogens is 6. The minimum absolute atomic E-state index is 0.285. The van der Waals surface area contributed by atoms with Crippen LogP contribution in [0.2, 0.25) is 0 Å². The Labute approximate surface area is 147 Å². The number of carbonyl (C=O) groups is 1. The molecule has 0 aromatic heterocycles. The molecule has 0 bridgehead atoms. The zero-order chi connectivity index (χ0) is 21.4. The van der Waals surface area contributed by atoms with Crippen molar-refractivity contribution >= 4 is 25.6 Å². The maximum atomic E-state index is 12.7. The lowest BCUT2D eigenvalue weighted by Gasteiger charge is -2.32. The van der Waals surface area contributed by atoms with Crippen LogP contribution in [0.3, 0.4) is 0 Å². The Morgan fingerprint density at radius 1 is 0.923 bits per heavy atom. The molecule has 0 fully saturated rings. The summed E-state index contributed by atoms with van der Waals surface area (Å²) in [6.45, 7) is 4.86. The molecule has 1 N–H and O–H groups in total. The number of hydrogen-bond donors (Lipinski definition) is 1. The topological polar surface area (TPSA) is 97.4 Å². The van der Waals surface area contributed by atoms with E-state index in [1.165, 1.54) is 6.92 Å². The Kier molecular flexibility index (Phi) is 7.22. The molecule has 14 heteroatoms. The lowest BCUT2D eigenvalue weighted by molar-refractivity contribution is -0.126. The predicted molar refractivity (Wildman–Crippen MR) is 80.0 cm³/mol. The SMILES string of the molecule is CCC(C)C(=O)NC(C)(C)CC(S(=O)(=O)C(F)(F)F)S(=O)(=O)C(F)(F)F.